The molecule has 5 aliphatic rings. The van der Waals surface area contributed by atoms with Gasteiger partial charge in [0.25, 0.3) is 5.91 Å². The highest BCUT2D eigenvalue weighted by Gasteiger charge is 2.62. The largest absolute Gasteiger partial charge is 0.450 e. The Morgan fingerprint density at radius 3 is 2.46 bits per heavy atom. The highest BCUT2D eigenvalue weighted by Crippen LogP contribution is 2.45. The number of nitrogens with one attached hydrogen (secondary N) is 3. The Morgan fingerprint density at radius 1 is 1.07 bits per heavy atom. The molecule has 14 heteroatoms. The number of ether oxygens (including phenoxy) is 2. The Kier molecular flexibility index (Phi) is 10.4. The molecule has 3 aliphatic heterocycles. The molecule has 4 bridgehead atoms. The van der Waals surface area contributed by atoms with Crippen molar-refractivity contribution in [1.82, 2.24) is 20.3 Å². The summed E-state index contributed by atoms with van der Waals surface area (Å²) < 4.78 is 39.2. The number of hydrogen-bond donors (Lipinski definition) is 4. The topological polar surface area (TPSA) is 177 Å². The summed E-state index contributed by atoms with van der Waals surface area (Å²) in [6.07, 6.45) is 8.92. The standard InChI is InChI=1S/C32H51N5O8S/c1-5-20-17-32(20,29(40)36-46(42,43)24-13-14-24)35-27(38)25-16-23-18-37(25)28(39)26(31(2,3)4)34-30(41)44-15-8-6-7-10-21-11-9-12-22(33-21)19-45-23/h5,20-26,33H,1,6-19H2,2-4H3,(H,34,41)(H,35,38)(H,36,40)/p+1/t20-,21?,22?,23+,25-,26+,32+/m0/s1. The molecule has 2 saturated carbocycles. The van der Waals surface area contributed by atoms with E-state index in [9.17, 15) is 27.6 Å². The quantitative estimate of drug-likeness (QED) is 0.302. The number of amides is 4. The van der Waals surface area contributed by atoms with E-state index in [-0.39, 0.29) is 26.0 Å². The Bertz CT molecular complexity index is 1300. The van der Waals surface area contributed by atoms with E-state index in [1.54, 1.807) is 0 Å². The molecule has 0 aromatic rings. The third-order valence-electron chi connectivity index (χ3n) is 10.2. The summed E-state index contributed by atoms with van der Waals surface area (Å²) in [4.78, 5) is 55.8. The fraction of sp³-hybridized carbons (Fsp3) is 0.812. The summed E-state index contributed by atoms with van der Waals surface area (Å²) in [6.45, 7) is 10.1. The van der Waals surface area contributed by atoms with Crippen molar-refractivity contribution >= 4 is 33.8 Å². The summed E-state index contributed by atoms with van der Waals surface area (Å²) in [7, 11) is -3.84. The van der Waals surface area contributed by atoms with Crippen LogP contribution in [0.5, 0.6) is 0 Å². The van der Waals surface area contributed by atoms with Gasteiger partial charge in [0.2, 0.25) is 21.8 Å². The maximum atomic E-state index is 14.2. The van der Waals surface area contributed by atoms with Crippen LogP contribution in [-0.2, 0) is 33.9 Å². The molecule has 0 spiro atoms. The van der Waals surface area contributed by atoms with Gasteiger partial charge in [-0.2, -0.15) is 0 Å². The van der Waals surface area contributed by atoms with Crippen LogP contribution in [0.25, 0.3) is 0 Å². The molecule has 5 N–H and O–H groups in total. The van der Waals surface area contributed by atoms with E-state index in [1.807, 2.05) is 20.8 Å². The number of cyclic esters (lactones) is 1. The molecule has 2 aliphatic carbocycles. The SMILES string of the molecule is C=C[C@H]1C[C@]1(NC(=O)[C@@H]1C[C@@H]2CN1C(=O)[C@H](C(C)(C)C)NC(=O)OCCCCCC1CCCC(CO2)[NH2+]1)C(=O)NS(=O)(=O)C1CC1. The van der Waals surface area contributed by atoms with E-state index in [1.165, 1.54) is 11.0 Å². The van der Waals surface area contributed by atoms with Crippen molar-refractivity contribution in [3.63, 3.8) is 0 Å². The average molecular weight is 667 g/mol. The zero-order valence-electron chi connectivity index (χ0n) is 27.4. The first-order valence-corrected chi connectivity index (χ1v) is 18.5. The lowest BCUT2D eigenvalue weighted by atomic mass is 9.85. The van der Waals surface area contributed by atoms with Gasteiger partial charge in [0, 0.05) is 25.3 Å². The van der Waals surface area contributed by atoms with Gasteiger partial charge in [0.15, 0.2) is 0 Å². The van der Waals surface area contributed by atoms with Crippen molar-refractivity contribution in [3.05, 3.63) is 12.7 Å². The normalized spacial score (nSPS) is 34.7. The van der Waals surface area contributed by atoms with Crippen molar-refractivity contribution in [2.24, 2.45) is 11.3 Å². The predicted molar refractivity (Wildman–Crippen MR) is 169 cm³/mol. The Hall–Kier alpha value is -2.71. The van der Waals surface area contributed by atoms with Crippen molar-refractivity contribution in [2.45, 2.75) is 132 Å². The lowest BCUT2D eigenvalue weighted by Gasteiger charge is -2.35. The molecule has 0 aromatic heterocycles. The molecule has 5 rings (SSSR count). The van der Waals surface area contributed by atoms with E-state index in [0.717, 1.165) is 44.9 Å². The molecule has 46 heavy (non-hydrogen) atoms. The van der Waals surface area contributed by atoms with Gasteiger partial charge in [0.1, 0.15) is 23.7 Å². The molecule has 0 aromatic carbocycles. The summed E-state index contributed by atoms with van der Waals surface area (Å²) in [6, 6.07) is -1.19. The van der Waals surface area contributed by atoms with Gasteiger partial charge in [-0.05, 0) is 63.2 Å². The number of nitrogens with two attached hydrogens (primary N) is 1. The Labute approximate surface area is 272 Å². The summed E-state index contributed by atoms with van der Waals surface area (Å²) in [5.41, 5.74) is -2.19. The first-order chi connectivity index (χ1) is 21.7. The number of sulfonamides is 1. The van der Waals surface area contributed by atoms with Gasteiger partial charge in [-0.1, -0.05) is 26.8 Å². The third kappa shape index (κ3) is 8.04. The van der Waals surface area contributed by atoms with E-state index < -0.39 is 74.1 Å². The highest BCUT2D eigenvalue weighted by atomic mass is 32.2. The number of nitrogens with zero attached hydrogens (tertiary/aromatic N) is 1. The van der Waals surface area contributed by atoms with Crippen LogP contribution < -0.4 is 20.7 Å². The molecule has 4 amide bonds. The van der Waals surface area contributed by atoms with Crippen molar-refractivity contribution in [2.75, 3.05) is 19.8 Å². The van der Waals surface area contributed by atoms with Crippen LogP contribution in [0.2, 0.25) is 0 Å². The molecule has 2 unspecified atom stereocenters. The minimum Gasteiger partial charge on any atom is -0.450 e. The van der Waals surface area contributed by atoms with Crippen LogP contribution in [0, 0.1) is 11.3 Å². The smallest absolute Gasteiger partial charge is 0.407 e. The van der Waals surface area contributed by atoms with Gasteiger partial charge in [0.05, 0.1) is 30.6 Å². The molecule has 3 saturated heterocycles. The number of quaternary nitrogens is 1. The van der Waals surface area contributed by atoms with Gasteiger partial charge < -0.3 is 30.3 Å². The lowest BCUT2D eigenvalue weighted by Crippen LogP contribution is -2.97. The van der Waals surface area contributed by atoms with E-state index in [2.05, 4.69) is 27.3 Å². The average Bonchev–Trinajstić information content (AvgIpc) is 3.92. The molecule has 3 heterocycles. The molecular weight excluding hydrogens is 614 g/mol. The first kappa shape index (κ1) is 34.6. The first-order valence-electron chi connectivity index (χ1n) is 16.9. The van der Waals surface area contributed by atoms with Crippen LogP contribution >= 0.6 is 0 Å². The van der Waals surface area contributed by atoms with Crippen LogP contribution in [0.1, 0.15) is 91.4 Å². The van der Waals surface area contributed by atoms with Gasteiger partial charge >= 0.3 is 6.09 Å². The minimum atomic E-state index is -3.84. The molecule has 7 atom stereocenters. The number of piperidine rings is 1. The summed E-state index contributed by atoms with van der Waals surface area (Å²) in [5, 5.41) is 7.36. The summed E-state index contributed by atoms with van der Waals surface area (Å²) >= 11 is 0. The number of alkyl carbamates (subject to hydrolysis) is 1. The van der Waals surface area contributed by atoms with Gasteiger partial charge in [-0.25, -0.2) is 13.2 Å². The minimum absolute atomic E-state index is 0.135. The molecular formula is C32H52N5O8S+. The second-order valence-corrected chi connectivity index (χ2v) is 16.9. The highest BCUT2D eigenvalue weighted by molar-refractivity contribution is 7.91. The Balaban J connectivity index is 1.37. The number of hydrogen-bond acceptors (Lipinski definition) is 8. The van der Waals surface area contributed by atoms with Crippen LogP contribution in [0.4, 0.5) is 4.79 Å². The maximum absolute atomic E-state index is 14.2. The number of rotatable bonds is 6. The number of carbonyl (C=O) groups excluding carboxylic acids is 4. The Morgan fingerprint density at radius 2 is 1.78 bits per heavy atom. The summed E-state index contributed by atoms with van der Waals surface area (Å²) in [5.74, 6) is -2.28. The van der Waals surface area contributed by atoms with E-state index >= 15 is 0 Å². The lowest BCUT2D eigenvalue weighted by molar-refractivity contribution is -0.732. The van der Waals surface area contributed by atoms with Crippen molar-refractivity contribution < 1.29 is 42.4 Å². The molecule has 258 valence electrons. The number of fused-ring (bicyclic) bond motifs is 4. The van der Waals surface area contributed by atoms with Gasteiger partial charge in [-0.15, -0.1) is 6.58 Å². The zero-order valence-corrected chi connectivity index (χ0v) is 28.2. The zero-order chi connectivity index (χ0) is 33.3. The van der Waals surface area contributed by atoms with Gasteiger partial charge in [-0.3, -0.25) is 19.1 Å². The van der Waals surface area contributed by atoms with E-state index in [4.69, 9.17) is 9.47 Å². The van der Waals surface area contributed by atoms with Crippen molar-refractivity contribution in [1.29, 1.82) is 0 Å². The number of carbonyl (C=O) groups is 4. The molecule has 0 radical (unpaired) electrons. The maximum Gasteiger partial charge on any atom is 0.407 e. The predicted octanol–water partition coefficient (Wildman–Crippen LogP) is 0.841. The molecule has 13 nitrogen and oxygen atoms in total. The molecule has 5 fully saturated rings. The van der Waals surface area contributed by atoms with Crippen LogP contribution in [0.15, 0.2) is 12.7 Å². The van der Waals surface area contributed by atoms with Crippen LogP contribution in [0.3, 0.4) is 0 Å². The van der Waals surface area contributed by atoms with E-state index in [0.29, 0.717) is 31.5 Å². The second kappa shape index (κ2) is 13.8. The van der Waals surface area contributed by atoms with Crippen LogP contribution in [-0.4, -0.2) is 98.0 Å². The second-order valence-electron chi connectivity index (χ2n) is 15.0. The third-order valence-corrected chi connectivity index (χ3v) is 12.0. The van der Waals surface area contributed by atoms with Crippen molar-refractivity contribution in [3.8, 4) is 0 Å². The fourth-order valence-corrected chi connectivity index (χ4v) is 8.48. The monoisotopic (exact) mass is 666 g/mol. The fourth-order valence-electron chi connectivity index (χ4n) is 7.11.